The zero-order valence-electron chi connectivity index (χ0n) is 17.2. The summed E-state index contributed by atoms with van der Waals surface area (Å²) < 4.78 is 1.80. The van der Waals surface area contributed by atoms with E-state index in [-0.39, 0.29) is 12.5 Å². The topological polar surface area (TPSA) is 79.8 Å². The molecule has 1 atom stereocenters. The van der Waals surface area contributed by atoms with Crippen molar-refractivity contribution in [2.75, 3.05) is 27.2 Å². The minimum atomic E-state index is -0.0926. The van der Waals surface area contributed by atoms with Crippen molar-refractivity contribution in [2.24, 2.45) is 5.73 Å². The minimum absolute atomic E-state index is 0.0926. The Bertz CT molecular complexity index is 1130. The number of amides is 1. The van der Waals surface area contributed by atoms with Gasteiger partial charge in [-0.25, -0.2) is 9.97 Å². The quantitative estimate of drug-likeness (QED) is 0.664. The van der Waals surface area contributed by atoms with Crippen LogP contribution in [-0.2, 0) is 6.54 Å². The van der Waals surface area contributed by atoms with E-state index in [0.29, 0.717) is 40.6 Å². The summed E-state index contributed by atoms with van der Waals surface area (Å²) in [6.07, 6.45) is 2.68. The predicted molar refractivity (Wildman–Crippen MR) is 119 cm³/mol. The van der Waals surface area contributed by atoms with Crippen LogP contribution in [0.5, 0.6) is 0 Å². The highest BCUT2D eigenvalue weighted by Crippen LogP contribution is 2.34. The van der Waals surface area contributed by atoms with Gasteiger partial charge in [0.2, 0.25) is 5.78 Å². The van der Waals surface area contributed by atoms with E-state index in [4.69, 9.17) is 28.9 Å². The molecule has 1 amide bonds. The fourth-order valence-electron chi connectivity index (χ4n) is 3.98. The van der Waals surface area contributed by atoms with Gasteiger partial charge in [-0.3, -0.25) is 9.20 Å². The summed E-state index contributed by atoms with van der Waals surface area (Å²) in [5.41, 5.74) is 9.55. The number of halogens is 2. The van der Waals surface area contributed by atoms with Gasteiger partial charge in [-0.05, 0) is 45.6 Å². The maximum Gasteiger partial charge on any atom is 0.274 e. The number of likely N-dealkylation sites (N-methyl/N-ethyl adjacent to an activating group) is 1. The van der Waals surface area contributed by atoms with Gasteiger partial charge in [0.1, 0.15) is 5.69 Å². The molecule has 7 nitrogen and oxygen atoms in total. The lowest BCUT2D eigenvalue weighted by Gasteiger charge is -2.19. The Morgan fingerprint density at radius 1 is 1.30 bits per heavy atom. The Hall–Kier alpha value is -2.19. The molecule has 3 aromatic rings. The van der Waals surface area contributed by atoms with Crippen LogP contribution in [0.2, 0.25) is 10.0 Å². The Morgan fingerprint density at radius 2 is 2.07 bits per heavy atom. The number of imidazole rings is 1. The molecule has 0 saturated carbocycles. The second-order valence-electron chi connectivity index (χ2n) is 7.81. The summed E-state index contributed by atoms with van der Waals surface area (Å²) >= 11 is 12.6. The van der Waals surface area contributed by atoms with Crippen molar-refractivity contribution < 1.29 is 4.79 Å². The second kappa shape index (κ2) is 8.15. The predicted octanol–water partition coefficient (Wildman–Crippen LogP) is 3.25. The number of aromatic nitrogens is 3. The van der Waals surface area contributed by atoms with Gasteiger partial charge in [0.25, 0.3) is 5.91 Å². The Labute approximate surface area is 185 Å². The van der Waals surface area contributed by atoms with E-state index in [2.05, 4.69) is 14.9 Å². The molecule has 1 fully saturated rings. The highest BCUT2D eigenvalue weighted by atomic mass is 35.5. The van der Waals surface area contributed by atoms with Gasteiger partial charge in [-0.2, -0.15) is 0 Å². The third-order valence-electron chi connectivity index (χ3n) is 5.71. The maximum absolute atomic E-state index is 13.1. The smallest absolute Gasteiger partial charge is 0.274 e. The number of aryl methyl sites for hydroxylation is 1. The maximum atomic E-state index is 13.1. The zero-order chi connectivity index (χ0) is 21.6. The van der Waals surface area contributed by atoms with Gasteiger partial charge in [-0.1, -0.05) is 23.2 Å². The summed E-state index contributed by atoms with van der Waals surface area (Å²) in [6, 6.07) is 5.68. The molecule has 0 unspecified atom stereocenters. The van der Waals surface area contributed by atoms with Crippen LogP contribution < -0.4 is 5.73 Å². The first-order valence-electron chi connectivity index (χ1n) is 9.80. The van der Waals surface area contributed by atoms with Gasteiger partial charge in [-0.15, -0.1) is 0 Å². The van der Waals surface area contributed by atoms with Gasteiger partial charge in [0, 0.05) is 53.7 Å². The normalized spacial score (nSPS) is 16.8. The van der Waals surface area contributed by atoms with Crippen LogP contribution in [0.4, 0.5) is 0 Å². The van der Waals surface area contributed by atoms with Crippen LogP contribution in [0.1, 0.15) is 28.2 Å². The molecule has 1 aromatic carbocycles. The van der Waals surface area contributed by atoms with Crippen LogP contribution in [0, 0.1) is 6.92 Å². The average molecular weight is 447 g/mol. The molecule has 3 heterocycles. The number of rotatable bonds is 4. The number of hydrogen-bond acceptors (Lipinski definition) is 5. The van der Waals surface area contributed by atoms with Gasteiger partial charge >= 0.3 is 0 Å². The number of carbonyl (C=O) groups is 1. The number of fused-ring (bicyclic) bond motifs is 1. The zero-order valence-corrected chi connectivity index (χ0v) is 18.7. The van der Waals surface area contributed by atoms with Crippen molar-refractivity contribution >= 4 is 34.9 Å². The van der Waals surface area contributed by atoms with E-state index < -0.39 is 0 Å². The van der Waals surface area contributed by atoms with Crippen LogP contribution in [0.15, 0.2) is 24.4 Å². The standard InChI is InChI=1S/C21H24Cl2N6O/c1-12-16(9-24)19(15-5-4-13(22)8-17(15)23)29-11-18(26-21(29)25-12)20(30)28-7-6-14(10-28)27(2)3/h4-5,8,11,14H,6-7,9-10,24H2,1-3H3/t14-/m1/s1. The molecule has 0 bridgehead atoms. The Balaban J connectivity index is 1.82. The van der Waals surface area contributed by atoms with E-state index in [0.717, 1.165) is 28.9 Å². The van der Waals surface area contributed by atoms with Crippen molar-refractivity contribution in [1.82, 2.24) is 24.2 Å². The first-order valence-corrected chi connectivity index (χ1v) is 10.6. The van der Waals surface area contributed by atoms with E-state index in [1.54, 1.807) is 22.7 Å². The second-order valence-corrected chi connectivity index (χ2v) is 8.65. The number of nitrogens with zero attached hydrogens (tertiary/aromatic N) is 5. The summed E-state index contributed by atoms with van der Waals surface area (Å²) in [4.78, 5) is 26.2. The molecule has 0 aliphatic carbocycles. The molecular weight excluding hydrogens is 423 g/mol. The fourth-order valence-corrected chi connectivity index (χ4v) is 4.48. The average Bonchev–Trinajstić information content (AvgIpc) is 3.34. The van der Waals surface area contributed by atoms with Gasteiger partial charge in [0.05, 0.1) is 10.7 Å². The molecular formula is C21H24Cl2N6O. The summed E-state index contributed by atoms with van der Waals surface area (Å²) in [6.45, 7) is 3.57. The summed E-state index contributed by atoms with van der Waals surface area (Å²) in [7, 11) is 4.07. The van der Waals surface area contributed by atoms with E-state index in [1.165, 1.54) is 0 Å². The highest BCUT2D eigenvalue weighted by Gasteiger charge is 2.30. The molecule has 158 valence electrons. The Morgan fingerprint density at radius 3 is 2.70 bits per heavy atom. The SMILES string of the molecule is Cc1nc2nc(C(=O)N3CC[C@@H](N(C)C)C3)cn2c(-c2ccc(Cl)cc2Cl)c1CN. The molecule has 1 aliphatic rings. The molecule has 2 aromatic heterocycles. The third-order valence-corrected chi connectivity index (χ3v) is 6.26. The molecule has 0 spiro atoms. The van der Waals surface area contributed by atoms with Crippen LogP contribution >= 0.6 is 23.2 Å². The largest absolute Gasteiger partial charge is 0.336 e. The van der Waals surface area contributed by atoms with Gasteiger partial charge < -0.3 is 15.5 Å². The summed E-state index contributed by atoms with van der Waals surface area (Å²) in [5.74, 6) is 0.349. The van der Waals surface area contributed by atoms with Crippen LogP contribution in [-0.4, -0.2) is 63.3 Å². The lowest BCUT2D eigenvalue weighted by atomic mass is 10.0. The molecule has 9 heteroatoms. The number of nitrogens with two attached hydrogens (primary N) is 1. The minimum Gasteiger partial charge on any atom is -0.336 e. The number of likely N-dealkylation sites (tertiary alicyclic amines) is 1. The van der Waals surface area contributed by atoms with E-state index >= 15 is 0 Å². The van der Waals surface area contributed by atoms with Crippen molar-refractivity contribution in [2.45, 2.75) is 25.9 Å². The molecule has 30 heavy (non-hydrogen) atoms. The van der Waals surface area contributed by atoms with Crippen molar-refractivity contribution in [3.63, 3.8) is 0 Å². The number of hydrogen-bond donors (Lipinski definition) is 1. The molecule has 4 rings (SSSR count). The first-order chi connectivity index (χ1) is 14.3. The monoisotopic (exact) mass is 446 g/mol. The molecule has 1 aliphatic heterocycles. The number of benzene rings is 1. The first kappa shape index (κ1) is 21.1. The van der Waals surface area contributed by atoms with Crippen molar-refractivity contribution in [3.8, 4) is 11.3 Å². The fraction of sp³-hybridized carbons (Fsp3) is 0.381. The molecule has 2 N–H and O–H groups in total. The van der Waals surface area contributed by atoms with Gasteiger partial charge in [0.15, 0.2) is 0 Å². The van der Waals surface area contributed by atoms with E-state index in [1.807, 2.05) is 32.0 Å². The van der Waals surface area contributed by atoms with E-state index in [9.17, 15) is 4.79 Å². The molecule has 0 radical (unpaired) electrons. The molecule has 1 saturated heterocycles. The summed E-state index contributed by atoms with van der Waals surface area (Å²) in [5, 5.41) is 1.05. The highest BCUT2D eigenvalue weighted by molar-refractivity contribution is 6.36. The lowest BCUT2D eigenvalue weighted by molar-refractivity contribution is 0.0778. The van der Waals surface area contributed by atoms with Crippen molar-refractivity contribution in [1.29, 1.82) is 0 Å². The lowest BCUT2D eigenvalue weighted by Crippen LogP contribution is -2.34. The Kier molecular flexibility index (Phi) is 5.72. The third kappa shape index (κ3) is 3.67. The van der Waals surface area contributed by atoms with Crippen LogP contribution in [0.3, 0.4) is 0 Å². The number of carbonyl (C=O) groups excluding carboxylic acids is 1. The van der Waals surface area contributed by atoms with Crippen molar-refractivity contribution in [3.05, 3.63) is 51.4 Å². The van der Waals surface area contributed by atoms with Crippen LogP contribution in [0.25, 0.3) is 17.0 Å².